The third kappa shape index (κ3) is 3.53. The van der Waals surface area contributed by atoms with Gasteiger partial charge < -0.3 is 0 Å². The average Bonchev–Trinajstić information content (AvgIpc) is 2.78. The molecule has 0 bridgehead atoms. The molecule has 2 rings (SSSR count). The summed E-state index contributed by atoms with van der Waals surface area (Å²) in [5.41, 5.74) is 0. The minimum atomic E-state index is -4.12. The van der Waals surface area contributed by atoms with Crippen molar-refractivity contribution < 1.29 is 17.2 Å². The largest absolute Gasteiger partial charge is 0.270 e. The molecule has 0 radical (unpaired) electrons. The maximum Gasteiger partial charge on any atom is 0.243 e. The van der Waals surface area contributed by atoms with Crippen molar-refractivity contribution in [2.45, 2.75) is 11.4 Å². The minimum Gasteiger partial charge on any atom is -0.270 e. The zero-order valence-electron chi connectivity index (χ0n) is 10.1. The monoisotopic (exact) mass is 321 g/mol. The van der Waals surface area contributed by atoms with E-state index < -0.39 is 26.6 Å². The topological polar surface area (TPSA) is 64.0 Å². The van der Waals surface area contributed by atoms with E-state index in [0.29, 0.717) is 11.1 Å². The van der Waals surface area contributed by atoms with Crippen molar-refractivity contribution in [2.75, 3.05) is 6.54 Å². The lowest BCUT2D eigenvalue weighted by atomic mass is 10.3. The van der Waals surface area contributed by atoms with Gasteiger partial charge in [-0.05, 0) is 18.2 Å². The highest BCUT2D eigenvalue weighted by Gasteiger charge is 2.19. The molecule has 9 heteroatoms. The lowest BCUT2D eigenvalue weighted by molar-refractivity contribution is 0.537. The van der Waals surface area contributed by atoms with Gasteiger partial charge in [0, 0.05) is 12.7 Å². The van der Waals surface area contributed by atoms with Gasteiger partial charge in [0.05, 0.1) is 17.8 Å². The number of halogens is 3. The van der Waals surface area contributed by atoms with Crippen LogP contribution in [0.5, 0.6) is 0 Å². The first-order chi connectivity index (χ1) is 9.38. The van der Waals surface area contributed by atoms with Crippen LogP contribution in [0.15, 0.2) is 35.5 Å². The highest BCUT2D eigenvalue weighted by Crippen LogP contribution is 2.15. The standard InChI is InChI=1S/C11H10ClF2N3O2S/c12-8-6-15-17(7-8)4-3-16-20(18,19)11-5-9(13)1-2-10(11)14/h1-2,5-7,16H,3-4H2. The summed E-state index contributed by atoms with van der Waals surface area (Å²) >= 11 is 5.65. The van der Waals surface area contributed by atoms with E-state index in [1.165, 1.54) is 17.1 Å². The number of hydrogen-bond donors (Lipinski definition) is 1. The Balaban J connectivity index is 2.06. The molecule has 0 saturated heterocycles. The van der Waals surface area contributed by atoms with Crippen LogP contribution in [0.2, 0.25) is 5.02 Å². The molecule has 2 aromatic rings. The van der Waals surface area contributed by atoms with Crippen LogP contribution in [0, 0.1) is 11.6 Å². The molecule has 0 aliphatic heterocycles. The van der Waals surface area contributed by atoms with E-state index in [2.05, 4.69) is 9.82 Å². The van der Waals surface area contributed by atoms with Gasteiger partial charge in [-0.25, -0.2) is 21.9 Å². The molecule has 108 valence electrons. The van der Waals surface area contributed by atoms with Crippen LogP contribution in [0.1, 0.15) is 0 Å². The Morgan fingerprint density at radius 2 is 2.10 bits per heavy atom. The first kappa shape index (κ1) is 14.9. The molecule has 1 heterocycles. The second-order valence-electron chi connectivity index (χ2n) is 3.89. The predicted octanol–water partition coefficient (Wildman–Crippen LogP) is 1.79. The SMILES string of the molecule is O=S(=O)(NCCn1cc(Cl)cn1)c1cc(F)ccc1F. The zero-order chi connectivity index (χ0) is 14.8. The molecule has 1 N–H and O–H groups in total. The Morgan fingerprint density at radius 1 is 1.35 bits per heavy atom. The summed E-state index contributed by atoms with van der Waals surface area (Å²) in [6.45, 7) is 0.180. The highest BCUT2D eigenvalue weighted by molar-refractivity contribution is 7.89. The Morgan fingerprint density at radius 3 is 2.75 bits per heavy atom. The first-order valence-corrected chi connectivity index (χ1v) is 7.37. The van der Waals surface area contributed by atoms with E-state index in [9.17, 15) is 17.2 Å². The fourth-order valence-corrected chi connectivity index (χ4v) is 2.78. The molecule has 0 fully saturated rings. The van der Waals surface area contributed by atoms with E-state index in [1.807, 2.05) is 0 Å². The molecule has 1 aromatic heterocycles. The second-order valence-corrected chi connectivity index (χ2v) is 6.07. The Labute approximate surface area is 119 Å². The van der Waals surface area contributed by atoms with Crippen LogP contribution in [0.4, 0.5) is 8.78 Å². The van der Waals surface area contributed by atoms with Crippen LogP contribution in [-0.4, -0.2) is 24.7 Å². The van der Waals surface area contributed by atoms with Crippen molar-refractivity contribution in [3.8, 4) is 0 Å². The number of benzene rings is 1. The van der Waals surface area contributed by atoms with E-state index in [0.717, 1.165) is 12.1 Å². The van der Waals surface area contributed by atoms with Crippen LogP contribution in [0.25, 0.3) is 0 Å². The van der Waals surface area contributed by atoms with E-state index in [-0.39, 0.29) is 13.1 Å². The van der Waals surface area contributed by atoms with E-state index in [4.69, 9.17) is 11.6 Å². The number of hydrogen-bond acceptors (Lipinski definition) is 3. The van der Waals surface area contributed by atoms with Crippen LogP contribution in [0.3, 0.4) is 0 Å². The fourth-order valence-electron chi connectivity index (χ4n) is 1.52. The number of aromatic nitrogens is 2. The summed E-state index contributed by atoms with van der Waals surface area (Å²) in [5.74, 6) is -1.84. The minimum absolute atomic E-state index is 0.0315. The van der Waals surface area contributed by atoms with Crippen molar-refractivity contribution in [2.24, 2.45) is 0 Å². The highest BCUT2D eigenvalue weighted by atomic mass is 35.5. The van der Waals surface area contributed by atoms with Crippen molar-refractivity contribution >= 4 is 21.6 Å². The predicted molar refractivity (Wildman–Crippen MR) is 68.8 cm³/mol. The molecule has 0 unspecified atom stereocenters. The summed E-state index contributed by atoms with van der Waals surface area (Å²) in [6, 6.07) is 2.24. The summed E-state index contributed by atoms with van der Waals surface area (Å²) < 4.78 is 53.6. The summed E-state index contributed by atoms with van der Waals surface area (Å²) in [5, 5.41) is 4.28. The molecular weight excluding hydrogens is 312 g/mol. The van der Waals surface area contributed by atoms with Gasteiger partial charge in [0.1, 0.15) is 16.5 Å². The second kappa shape index (κ2) is 5.86. The molecular formula is C11H10ClF2N3O2S. The van der Waals surface area contributed by atoms with Gasteiger partial charge in [-0.3, -0.25) is 4.68 Å². The molecule has 0 atom stereocenters. The Kier molecular flexibility index (Phi) is 4.36. The molecule has 1 aromatic carbocycles. The maximum atomic E-state index is 13.4. The number of nitrogens with one attached hydrogen (secondary N) is 1. The number of sulfonamides is 1. The maximum absolute atomic E-state index is 13.4. The Bertz CT molecular complexity index is 718. The average molecular weight is 322 g/mol. The lowest BCUT2D eigenvalue weighted by Gasteiger charge is -2.07. The third-order valence-electron chi connectivity index (χ3n) is 2.42. The smallest absolute Gasteiger partial charge is 0.243 e. The fraction of sp³-hybridized carbons (Fsp3) is 0.182. The van der Waals surface area contributed by atoms with E-state index in [1.54, 1.807) is 0 Å². The molecule has 0 saturated carbocycles. The molecule has 0 spiro atoms. The van der Waals surface area contributed by atoms with Crippen molar-refractivity contribution in [1.29, 1.82) is 0 Å². The Hall–Kier alpha value is -1.51. The molecule has 0 aliphatic carbocycles. The number of nitrogens with zero attached hydrogens (tertiary/aromatic N) is 2. The van der Waals surface area contributed by atoms with Gasteiger partial charge in [-0.2, -0.15) is 5.10 Å². The van der Waals surface area contributed by atoms with Crippen LogP contribution in [-0.2, 0) is 16.6 Å². The van der Waals surface area contributed by atoms with Crippen LogP contribution >= 0.6 is 11.6 Å². The van der Waals surface area contributed by atoms with Gasteiger partial charge in [-0.1, -0.05) is 11.6 Å². The van der Waals surface area contributed by atoms with Crippen molar-refractivity contribution in [3.63, 3.8) is 0 Å². The molecule has 0 aliphatic rings. The zero-order valence-corrected chi connectivity index (χ0v) is 11.6. The van der Waals surface area contributed by atoms with Gasteiger partial charge in [0.15, 0.2) is 0 Å². The van der Waals surface area contributed by atoms with Gasteiger partial charge in [0.2, 0.25) is 10.0 Å². The normalized spacial score (nSPS) is 11.8. The quantitative estimate of drug-likeness (QED) is 0.913. The first-order valence-electron chi connectivity index (χ1n) is 5.51. The lowest BCUT2D eigenvalue weighted by Crippen LogP contribution is -2.28. The summed E-state index contributed by atoms with van der Waals surface area (Å²) in [4.78, 5) is -0.726. The summed E-state index contributed by atoms with van der Waals surface area (Å²) in [6.07, 6.45) is 2.92. The van der Waals surface area contributed by atoms with E-state index >= 15 is 0 Å². The number of rotatable bonds is 5. The van der Waals surface area contributed by atoms with Gasteiger partial charge in [0.25, 0.3) is 0 Å². The third-order valence-corrected chi connectivity index (χ3v) is 4.09. The molecule has 20 heavy (non-hydrogen) atoms. The van der Waals surface area contributed by atoms with Crippen molar-refractivity contribution in [1.82, 2.24) is 14.5 Å². The van der Waals surface area contributed by atoms with Crippen molar-refractivity contribution in [3.05, 3.63) is 47.2 Å². The van der Waals surface area contributed by atoms with Gasteiger partial charge in [-0.15, -0.1) is 0 Å². The molecule has 5 nitrogen and oxygen atoms in total. The van der Waals surface area contributed by atoms with Gasteiger partial charge >= 0.3 is 0 Å². The van der Waals surface area contributed by atoms with Crippen LogP contribution < -0.4 is 4.72 Å². The summed E-state index contributed by atoms with van der Waals surface area (Å²) in [7, 11) is -4.12. The molecule has 0 amide bonds.